The van der Waals surface area contributed by atoms with Crippen LogP contribution in [-0.2, 0) is 33.9 Å². The smallest absolute Gasteiger partial charge is 0.323 e. The van der Waals surface area contributed by atoms with Gasteiger partial charge in [-0.3, -0.25) is 0 Å². The minimum absolute atomic E-state index is 0.0318. The van der Waals surface area contributed by atoms with E-state index in [9.17, 15) is 44.4 Å². The van der Waals surface area contributed by atoms with Crippen LogP contribution in [0.2, 0.25) is 0 Å². The lowest BCUT2D eigenvalue weighted by Crippen LogP contribution is -2.36. The number of benzene rings is 6. The lowest BCUT2D eigenvalue weighted by molar-refractivity contribution is 0.122. The Bertz CT molecular complexity index is 5770. The van der Waals surface area contributed by atoms with E-state index in [2.05, 4.69) is 76.5 Å². The number of urea groups is 3. The van der Waals surface area contributed by atoms with E-state index in [1.165, 1.54) is 113 Å². The average molecular weight is 1660 g/mol. The van der Waals surface area contributed by atoms with Gasteiger partial charge in [-0.1, -0.05) is 71.3 Å². The normalized spacial score (nSPS) is 13.6. The Morgan fingerprint density at radius 1 is 0.426 bits per heavy atom. The number of nitrogen functional groups attached to an aromatic ring is 3. The number of amides is 6. The van der Waals surface area contributed by atoms with Crippen LogP contribution < -0.4 is 63.8 Å². The van der Waals surface area contributed by atoms with Gasteiger partial charge in [-0.15, -0.1) is 0 Å². The van der Waals surface area contributed by atoms with Crippen molar-refractivity contribution in [3.63, 3.8) is 0 Å². The van der Waals surface area contributed by atoms with Crippen LogP contribution in [0.15, 0.2) is 174 Å². The standard InChI is InChI=1S/C26H26FN7O4S2.C25H24FN7O4S2.C25H24FN7O2S/c1-2-40(36,37)18-6-4-17(5-7-18)30-25(35)32-21-15-16(3-8-19(21)27)23-22(20-9-10-29-24(28)31-20)33-26(39-23)34-11-13-38-14-12-34;1-39(35,36)17-5-3-16(4-6-17)29-24(34)31-20-14-15(2-7-18(20)26)22-21(19-8-9-28-23(27)30-19)32-25(38-22)33-10-12-37-13-11-33;1-15-3-2-4-17(13-15)29-24(34)31-20-14-16(5-6-18(20)26)22-21(19-7-8-28-23(27)30-19)32-25(36-22)33-9-11-35-12-10-33/h3-10,15H,2,11-14H2,1H3,(H2,28,29,31)(H2,30,32,35);2-9,14H,10-13H2,1H3,(H2,27,28,30)(H2,29,31,34);2-8,13-14H,9-12H2,1H3,(H2,27,28,30)(H2,29,31,34). The summed E-state index contributed by atoms with van der Waals surface area (Å²) in [6, 6.07) is 35.3. The first-order valence-corrected chi connectivity index (χ1v) is 41.5. The molecule has 3 fully saturated rings. The topological polar surface area (TPSA) is 423 Å². The second-order valence-corrected chi connectivity index (χ2v) is 32.9. The highest BCUT2D eigenvalue weighted by molar-refractivity contribution is 7.91. The number of nitrogens with two attached hydrogens (primary N) is 3. The zero-order valence-corrected chi connectivity index (χ0v) is 65.7. The Balaban J connectivity index is 0.000000150. The molecule has 0 aliphatic carbocycles. The van der Waals surface area contributed by atoms with Gasteiger partial charge < -0.3 is 78.0 Å². The van der Waals surface area contributed by atoms with Crippen molar-refractivity contribution in [2.45, 2.75) is 23.6 Å². The summed E-state index contributed by atoms with van der Waals surface area (Å²) in [6.45, 7) is 11.2. The fourth-order valence-electron chi connectivity index (χ4n) is 11.8. The molecular weight excluding hydrogens is 1580 g/mol. The van der Waals surface area contributed by atoms with Crippen LogP contribution in [0, 0.1) is 24.4 Å². The largest absolute Gasteiger partial charge is 0.378 e. The van der Waals surface area contributed by atoms with E-state index in [0.717, 1.165) is 41.8 Å². The Hall–Kier alpha value is -12.4. The predicted octanol–water partition coefficient (Wildman–Crippen LogP) is 12.9. The number of anilines is 12. The highest BCUT2D eigenvalue weighted by Crippen LogP contribution is 2.45. The van der Waals surface area contributed by atoms with E-state index >= 15 is 0 Å². The summed E-state index contributed by atoms with van der Waals surface area (Å²) in [4.78, 5) is 86.1. The number of carbonyl (C=O) groups is 3. The zero-order chi connectivity index (χ0) is 80.9. The fraction of sp³-hybridized carbons (Fsp3) is 0.211. The molecule has 31 nitrogen and oxygen atoms in total. The van der Waals surface area contributed by atoms with Gasteiger partial charge in [0.15, 0.2) is 35.1 Å². The van der Waals surface area contributed by atoms with Crippen molar-refractivity contribution in [1.82, 2.24) is 44.9 Å². The summed E-state index contributed by atoms with van der Waals surface area (Å²) in [6.07, 6.45) is 5.75. The molecule has 12 N–H and O–H groups in total. The molecule has 39 heteroatoms. The molecule has 6 aromatic heterocycles. The molecule has 0 radical (unpaired) electrons. The molecule has 3 aliphatic heterocycles. The number of rotatable bonds is 18. The molecule has 0 atom stereocenters. The molecule has 115 heavy (non-hydrogen) atoms. The van der Waals surface area contributed by atoms with Crippen LogP contribution in [0.3, 0.4) is 0 Å². The fourth-order valence-corrected chi connectivity index (χ4v) is 16.7. The highest BCUT2D eigenvalue weighted by atomic mass is 32.2. The number of morpholine rings is 3. The number of halogens is 3. The molecule has 12 aromatic rings. The molecule has 6 aromatic carbocycles. The molecule has 3 aliphatic rings. The van der Waals surface area contributed by atoms with E-state index in [4.69, 9.17) is 46.4 Å². The van der Waals surface area contributed by atoms with Crippen LogP contribution in [-0.4, -0.2) is 171 Å². The van der Waals surface area contributed by atoms with Crippen molar-refractivity contribution in [2.24, 2.45) is 0 Å². The van der Waals surface area contributed by atoms with Crippen LogP contribution in [0.1, 0.15) is 12.5 Å². The number of sulfone groups is 2. The van der Waals surface area contributed by atoms with Crippen molar-refractivity contribution in [3.8, 4) is 65.5 Å². The van der Waals surface area contributed by atoms with Crippen LogP contribution in [0.25, 0.3) is 65.5 Å². The SMILES string of the molecule is CCS(=O)(=O)c1ccc(NC(=O)Nc2cc(-c3sc(N4CCOCC4)nc3-c3ccnc(N)n3)ccc2F)cc1.CS(=O)(=O)c1ccc(NC(=O)Nc2cc(-c3sc(N4CCOCC4)nc3-c3ccnc(N)n3)ccc2F)cc1.Cc1cccc(NC(=O)Nc2cc(-c3sc(N4CCOCC4)nc3-c3ccnc(N)n3)ccc2F)c1. The number of hydrogen-bond acceptors (Lipinski definition) is 28. The average Bonchev–Trinajstić information content (AvgIpc) is 1.66. The predicted molar refractivity (Wildman–Crippen MR) is 441 cm³/mol. The first-order chi connectivity index (χ1) is 55.4. The Kier molecular flexibility index (Phi) is 25.4. The third-order valence-corrected chi connectivity index (χ3v) is 23.9. The Labute approximate surface area is 669 Å². The number of aryl methyl sites for hydroxylation is 1. The lowest BCUT2D eigenvalue weighted by atomic mass is 10.1. The molecule has 0 bridgehead atoms. The van der Waals surface area contributed by atoms with Crippen LogP contribution in [0.5, 0.6) is 0 Å². The van der Waals surface area contributed by atoms with Gasteiger partial charge in [0.2, 0.25) is 17.8 Å². The van der Waals surface area contributed by atoms with Crippen molar-refractivity contribution >= 4 is 139 Å². The molecule has 0 unspecified atom stereocenters. The minimum atomic E-state index is -3.37. The van der Waals surface area contributed by atoms with Gasteiger partial charge in [0, 0.05) is 81.2 Å². The summed E-state index contributed by atoms with van der Waals surface area (Å²) < 4.78 is 108. The van der Waals surface area contributed by atoms with Gasteiger partial charge in [0.25, 0.3) is 0 Å². The molecule has 9 heterocycles. The van der Waals surface area contributed by atoms with E-state index in [0.29, 0.717) is 147 Å². The van der Waals surface area contributed by atoms with Gasteiger partial charge >= 0.3 is 18.1 Å². The monoisotopic (exact) mass is 1660 g/mol. The van der Waals surface area contributed by atoms with E-state index in [-0.39, 0.29) is 50.5 Å². The molecule has 0 saturated carbocycles. The van der Waals surface area contributed by atoms with Crippen LogP contribution >= 0.6 is 34.0 Å². The molecule has 6 amide bonds. The number of carbonyl (C=O) groups excluding carboxylic acids is 3. The van der Waals surface area contributed by atoms with Gasteiger partial charge in [0.05, 0.1) is 104 Å². The number of thiazole rings is 3. The number of aromatic nitrogens is 9. The first-order valence-electron chi connectivity index (χ1n) is 35.5. The molecule has 0 spiro atoms. The van der Waals surface area contributed by atoms with E-state index < -0.39 is 55.2 Å². The van der Waals surface area contributed by atoms with Crippen molar-refractivity contribution in [1.29, 1.82) is 0 Å². The van der Waals surface area contributed by atoms with Crippen molar-refractivity contribution < 1.29 is 58.6 Å². The Morgan fingerprint density at radius 2 is 0.757 bits per heavy atom. The minimum Gasteiger partial charge on any atom is -0.378 e. The number of nitrogens with zero attached hydrogens (tertiary/aromatic N) is 12. The van der Waals surface area contributed by atoms with E-state index in [1.54, 1.807) is 74.0 Å². The molecule has 3 saturated heterocycles. The summed E-state index contributed by atoms with van der Waals surface area (Å²) in [5.74, 6) is -1.51. The lowest BCUT2D eigenvalue weighted by Gasteiger charge is -2.26. The second kappa shape index (κ2) is 36.2. The van der Waals surface area contributed by atoms with Gasteiger partial charge in [0.1, 0.15) is 34.5 Å². The summed E-state index contributed by atoms with van der Waals surface area (Å²) in [5, 5.41) is 17.9. The quantitative estimate of drug-likeness (QED) is 0.0385. The summed E-state index contributed by atoms with van der Waals surface area (Å²) >= 11 is 4.30. The maximum atomic E-state index is 14.8. The van der Waals surface area contributed by atoms with Gasteiger partial charge in [-0.2, -0.15) is 0 Å². The maximum Gasteiger partial charge on any atom is 0.323 e. The first kappa shape index (κ1) is 80.7. The maximum absolute atomic E-state index is 14.8. The molecule has 15 rings (SSSR count). The van der Waals surface area contributed by atoms with E-state index in [1.807, 2.05) is 25.1 Å². The molecular formula is C76H74F3N21O10S5. The van der Waals surface area contributed by atoms with Crippen LogP contribution in [0.4, 0.5) is 94.9 Å². The highest BCUT2D eigenvalue weighted by Gasteiger charge is 2.28. The zero-order valence-electron chi connectivity index (χ0n) is 61.6. The number of nitrogens with one attached hydrogen (secondary N) is 6. The van der Waals surface area contributed by atoms with Gasteiger partial charge in [-0.05, 0) is 144 Å². The third-order valence-electron chi connectivity index (χ3n) is 17.5. The third kappa shape index (κ3) is 20.5. The Morgan fingerprint density at radius 3 is 1.07 bits per heavy atom. The van der Waals surface area contributed by atoms with Gasteiger partial charge in [-0.25, -0.2) is 89.2 Å². The van der Waals surface area contributed by atoms with Crippen molar-refractivity contribution in [2.75, 3.05) is 155 Å². The number of ether oxygens (including phenoxy) is 3. The second-order valence-electron chi connectivity index (χ2n) is 25.6. The molecule has 594 valence electrons. The summed E-state index contributed by atoms with van der Waals surface area (Å²) in [7, 11) is -6.74. The van der Waals surface area contributed by atoms with Crippen molar-refractivity contribution in [3.05, 3.63) is 187 Å². The number of hydrogen-bond donors (Lipinski definition) is 9. The summed E-state index contributed by atoms with van der Waals surface area (Å²) in [5.41, 5.74) is 25.0.